The minimum Gasteiger partial charge on any atom is -0.380 e. The Labute approximate surface area is 203 Å². The lowest BCUT2D eigenvalue weighted by Crippen LogP contribution is -2.29. The number of pyridine rings is 1. The van der Waals surface area contributed by atoms with Crippen molar-refractivity contribution in [3.05, 3.63) is 94.2 Å². The Balaban J connectivity index is 1.58. The van der Waals surface area contributed by atoms with Crippen LogP contribution in [-0.2, 0) is 16.1 Å². The van der Waals surface area contributed by atoms with Gasteiger partial charge in [-0.25, -0.2) is 18.6 Å². The summed E-state index contributed by atoms with van der Waals surface area (Å²) in [4.78, 5) is 22.6. The molecule has 35 heavy (non-hydrogen) atoms. The third kappa shape index (κ3) is 6.01. The number of rotatable bonds is 8. The molecule has 1 fully saturated rings. The summed E-state index contributed by atoms with van der Waals surface area (Å²) in [5.74, 6) is -2.77. The van der Waals surface area contributed by atoms with Gasteiger partial charge in [-0.3, -0.25) is 0 Å². The second kappa shape index (κ2) is 10.6. The predicted molar refractivity (Wildman–Crippen MR) is 131 cm³/mol. The fourth-order valence-corrected chi connectivity index (χ4v) is 3.96. The Morgan fingerprint density at radius 1 is 1.14 bits per heavy atom. The van der Waals surface area contributed by atoms with E-state index in [1.165, 1.54) is 0 Å². The van der Waals surface area contributed by atoms with Gasteiger partial charge in [0, 0.05) is 18.3 Å². The summed E-state index contributed by atoms with van der Waals surface area (Å²) in [5, 5.41) is 7.17. The van der Waals surface area contributed by atoms with E-state index >= 15 is 0 Å². The van der Waals surface area contributed by atoms with Gasteiger partial charge in [-0.15, -0.1) is 0 Å². The summed E-state index contributed by atoms with van der Waals surface area (Å²) in [6.07, 6.45) is 5.07. The molecule has 1 unspecified atom stereocenters. The fraction of sp³-hybridized carbons (Fsp3) is 0.296. The maximum absolute atomic E-state index is 14.0. The lowest BCUT2D eigenvalue weighted by molar-refractivity contribution is -0.145. The van der Waals surface area contributed by atoms with Crippen molar-refractivity contribution in [3.8, 4) is 0 Å². The Morgan fingerprint density at radius 2 is 1.89 bits per heavy atom. The number of amidine groups is 1. The van der Waals surface area contributed by atoms with E-state index in [1.807, 2.05) is 32.0 Å². The average molecular weight is 479 g/mol. The lowest BCUT2D eigenvalue weighted by Gasteiger charge is -2.27. The molecule has 0 bridgehead atoms. The van der Waals surface area contributed by atoms with Crippen molar-refractivity contribution in [1.82, 2.24) is 4.98 Å². The predicted octanol–water partition coefficient (Wildman–Crippen LogP) is 5.13. The molecular weight excluding hydrogens is 450 g/mol. The number of hydrogen-bond donors (Lipinski definition) is 2. The first-order valence-electron chi connectivity index (χ1n) is 11.6. The van der Waals surface area contributed by atoms with Gasteiger partial charge in [0.05, 0.1) is 11.5 Å². The molecule has 1 aliphatic rings. The van der Waals surface area contributed by atoms with Crippen molar-refractivity contribution in [2.75, 3.05) is 5.32 Å². The van der Waals surface area contributed by atoms with Crippen LogP contribution in [0.3, 0.4) is 0 Å². The first kappa shape index (κ1) is 24.3. The molecule has 0 saturated heterocycles. The number of halogens is 2. The molecule has 0 radical (unpaired) electrons. The van der Waals surface area contributed by atoms with Crippen LogP contribution in [0.15, 0.2) is 59.9 Å². The molecule has 1 saturated carbocycles. The van der Waals surface area contributed by atoms with Crippen LogP contribution in [0.5, 0.6) is 0 Å². The molecule has 8 heteroatoms. The zero-order valence-electron chi connectivity index (χ0n) is 19.7. The molecule has 1 heterocycles. The highest BCUT2D eigenvalue weighted by molar-refractivity contribution is 6.01. The van der Waals surface area contributed by atoms with Crippen LogP contribution in [0.25, 0.3) is 0 Å². The van der Waals surface area contributed by atoms with Crippen molar-refractivity contribution in [3.63, 3.8) is 0 Å². The van der Waals surface area contributed by atoms with E-state index in [1.54, 1.807) is 18.3 Å². The Hall–Kier alpha value is -3.81. The van der Waals surface area contributed by atoms with Crippen LogP contribution in [0.4, 0.5) is 14.6 Å². The highest BCUT2D eigenvalue weighted by Gasteiger charge is 2.26. The molecule has 0 spiro atoms. The zero-order valence-corrected chi connectivity index (χ0v) is 19.7. The van der Waals surface area contributed by atoms with Crippen LogP contribution in [0.2, 0.25) is 0 Å². The molecule has 182 valence electrons. The smallest absolute Gasteiger partial charge is 0.342 e. The molecule has 1 atom stereocenters. The van der Waals surface area contributed by atoms with E-state index in [4.69, 9.17) is 10.6 Å². The molecule has 0 amide bonds. The SMILES string of the molecule is Cc1ccc(CC(C(=O)ON=C(N)c2cccnc2NC2CCC2)c2cc(F)cc(F)c2)cc1C. The van der Waals surface area contributed by atoms with Gasteiger partial charge in [-0.2, -0.15) is 0 Å². The number of carbonyl (C=O) groups is 1. The molecule has 1 aromatic heterocycles. The zero-order chi connectivity index (χ0) is 24.9. The number of anilines is 1. The third-order valence-electron chi connectivity index (χ3n) is 6.35. The van der Waals surface area contributed by atoms with Gasteiger partial charge < -0.3 is 15.9 Å². The van der Waals surface area contributed by atoms with Gasteiger partial charge in [0.1, 0.15) is 17.5 Å². The standard InChI is InChI=1S/C27H28F2N4O2/c1-16-8-9-18(11-17(16)2)12-24(19-13-20(28)15-21(29)14-19)27(34)35-33-25(30)23-7-4-10-31-26(23)32-22-5-3-6-22/h4,7-11,13-15,22,24H,3,5-6,12H2,1-2H3,(H2,30,33)(H,31,32). The van der Waals surface area contributed by atoms with E-state index in [9.17, 15) is 13.6 Å². The van der Waals surface area contributed by atoms with E-state index in [-0.39, 0.29) is 17.8 Å². The molecule has 3 N–H and O–H groups in total. The van der Waals surface area contributed by atoms with Crippen molar-refractivity contribution >= 4 is 17.6 Å². The minimum atomic E-state index is -0.986. The minimum absolute atomic E-state index is 0.0244. The van der Waals surface area contributed by atoms with Crippen LogP contribution >= 0.6 is 0 Å². The quantitative estimate of drug-likeness (QED) is 0.203. The molecule has 1 aliphatic carbocycles. The van der Waals surface area contributed by atoms with Crippen molar-refractivity contribution < 1.29 is 18.4 Å². The summed E-state index contributed by atoms with van der Waals surface area (Å²) in [6, 6.07) is 12.5. The lowest BCUT2D eigenvalue weighted by atomic mass is 9.90. The van der Waals surface area contributed by atoms with E-state index in [0.29, 0.717) is 17.4 Å². The number of aromatic nitrogens is 1. The number of nitrogens with one attached hydrogen (secondary N) is 1. The van der Waals surface area contributed by atoms with E-state index in [0.717, 1.165) is 54.2 Å². The highest BCUT2D eigenvalue weighted by atomic mass is 19.1. The number of aryl methyl sites for hydroxylation is 2. The maximum Gasteiger partial charge on any atom is 0.342 e. The largest absolute Gasteiger partial charge is 0.380 e. The third-order valence-corrected chi connectivity index (χ3v) is 6.35. The summed E-state index contributed by atoms with van der Waals surface area (Å²) < 4.78 is 27.9. The molecule has 2 aromatic carbocycles. The summed E-state index contributed by atoms with van der Waals surface area (Å²) >= 11 is 0. The molecule has 6 nitrogen and oxygen atoms in total. The van der Waals surface area contributed by atoms with Crippen molar-refractivity contribution in [2.24, 2.45) is 10.9 Å². The Morgan fingerprint density at radius 3 is 2.54 bits per heavy atom. The highest BCUT2D eigenvalue weighted by Crippen LogP contribution is 2.27. The molecule has 4 rings (SSSR count). The van der Waals surface area contributed by atoms with E-state index < -0.39 is 23.5 Å². The number of oxime groups is 1. The summed E-state index contributed by atoms with van der Waals surface area (Å²) in [6.45, 7) is 3.94. The number of benzene rings is 2. The van der Waals surface area contributed by atoms with Crippen LogP contribution in [0.1, 0.15) is 53.0 Å². The van der Waals surface area contributed by atoms with Gasteiger partial charge in [-0.1, -0.05) is 23.4 Å². The number of hydrogen-bond acceptors (Lipinski definition) is 5. The summed E-state index contributed by atoms with van der Waals surface area (Å²) in [5.41, 5.74) is 9.78. The number of nitrogens with two attached hydrogens (primary N) is 1. The number of nitrogens with zero attached hydrogens (tertiary/aromatic N) is 2. The Kier molecular flexibility index (Phi) is 7.39. The first-order valence-corrected chi connectivity index (χ1v) is 11.6. The fourth-order valence-electron chi connectivity index (χ4n) is 3.96. The first-order chi connectivity index (χ1) is 16.8. The van der Waals surface area contributed by atoms with Crippen LogP contribution in [0, 0.1) is 25.5 Å². The maximum atomic E-state index is 14.0. The van der Waals surface area contributed by atoms with Gasteiger partial charge in [0.2, 0.25) is 0 Å². The van der Waals surface area contributed by atoms with Crippen LogP contribution in [-0.4, -0.2) is 22.8 Å². The summed E-state index contributed by atoms with van der Waals surface area (Å²) in [7, 11) is 0. The number of carbonyl (C=O) groups excluding carboxylic acids is 1. The second-order valence-corrected chi connectivity index (χ2v) is 8.94. The molecule has 3 aromatic rings. The monoisotopic (exact) mass is 478 g/mol. The average Bonchev–Trinajstić information content (AvgIpc) is 2.80. The van der Waals surface area contributed by atoms with Crippen molar-refractivity contribution in [1.29, 1.82) is 0 Å². The Bertz CT molecular complexity index is 1240. The van der Waals surface area contributed by atoms with Gasteiger partial charge >= 0.3 is 5.97 Å². The van der Waals surface area contributed by atoms with E-state index in [2.05, 4.69) is 15.5 Å². The second-order valence-electron chi connectivity index (χ2n) is 8.94. The molecular formula is C27H28F2N4O2. The topological polar surface area (TPSA) is 89.6 Å². The van der Waals surface area contributed by atoms with Gasteiger partial charge in [0.25, 0.3) is 0 Å². The normalized spacial score (nSPS) is 14.8. The van der Waals surface area contributed by atoms with Gasteiger partial charge in [0.15, 0.2) is 5.84 Å². The van der Waals surface area contributed by atoms with Crippen LogP contribution < -0.4 is 11.1 Å². The van der Waals surface area contributed by atoms with Crippen molar-refractivity contribution in [2.45, 2.75) is 51.5 Å². The molecule has 0 aliphatic heterocycles. The van der Waals surface area contributed by atoms with Gasteiger partial charge in [-0.05, 0) is 86.1 Å².